The van der Waals surface area contributed by atoms with Gasteiger partial charge in [-0.25, -0.2) is 9.59 Å². The molecule has 0 saturated heterocycles. The molecule has 154 valence electrons. The van der Waals surface area contributed by atoms with Crippen LogP contribution in [0.2, 0.25) is 0 Å². The lowest BCUT2D eigenvalue weighted by Crippen LogP contribution is -2.44. The van der Waals surface area contributed by atoms with Crippen molar-refractivity contribution in [1.29, 1.82) is 0 Å². The van der Waals surface area contributed by atoms with Crippen LogP contribution in [0, 0.1) is 0 Å². The summed E-state index contributed by atoms with van der Waals surface area (Å²) in [6, 6.07) is 20.7. The predicted octanol–water partition coefficient (Wildman–Crippen LogP) is 3.92. The van der Waals surface area contributed by atoms with Crippen LogP contribution in [0.25, 0.3) is 10.8 Å². The normalized spacial score (nSPS) is 12.5. The Balaban J connectivity index is 1.50. The summed E-state index contributed by atoms with van der Waals surface area (Å²) in [6.45, 7) is 2.96. The minimum absolute atomic E-state index is 0.459. The fourth-order valence-electron chi connectivity index (χ4n) is 2.79. The van der Waals surface area contributed by atoms with E-state index in [1.807, 2.05) is 42.5 Å². The Labute approximate surface area is 174 Å². The molecule has 0 aliphatic carbocycles. The Kier molecular flexibility index (Phi) is 6.64. The van der Waals surface area contributed by atoms with Crippen LogP contribution >= 0.6 is 0 Å². The van der Waals surface area contributed by atoms with Gasteiger partial charge in [0.2, 0.25) is 0 Å². The lowest BCUT2D eigenvalue weighted by molar-refractivity contribution is -0.154. The Bertz CT molecular complexity index is 1050. The molecule has 3 N–H and O–H groups in total. The minimum Gasteiger partial charge on any atom is -0.451 e. The van der Waals surface area contributed by atoms with E-state index >= 15 is 0 Å². The van der Waals surface area contributed by atoms with Gasteiger partial charge in [0.05, 0.1) is 0 Å². The molecule has 2 atom stereocenters. The maximum atomic E-state index is 12.4. The second kappa shape index (κ2) is 9.56. The van der Waals surface area contributed by atoms with Gasteiger partial charge >= 0.3 is 12.0 Å². The van der Waals surface area contributed by atoms with Gasteiger partial charge in [-0.2, -0.15) is 0 Å². The van der Waals surface area contributed by atoms with E-state index in [2.05, 4.69) is 16.0 Å². The maximum Gasteiger partial charge on any atom is 0.329 e. The van der Waals surface area contributed by atoms with Crippen molar-refractivity contribution in [2.75, 3.05) is 10.6 Å². The summed E-state index contributed by atoms with van der Waals surface area (Å²) in [4.78, 5) is 36.6. The lowest BCUT2D eigenvalue weighted by Gasteiger charge is -2.18. The van der Waals surface area contributed by atoms with Crippen molar-refractivity contribution < 1.29 is 19.1 Å². The Morgan fingerprint density at radius 1 is 0.767 bits per heavy atom. The second-order valence-corrected chi connectivity index (χ2v) is 6.82. The summed E-state index contributed by atoms with van der Waals surface area (Å²) < 4.78 is 5.19. The van der Waals surface area contributed by atoms with Crippen molar-refractivity contribution >= 4 is 40.1 Å². The highest BCUT2D eigenvalue weighted by Gasteiger charge is 2.23. The topological polar surface area (TPSA) is 96.5 Å². The summed E-state index contributed by atoms with van der Waals surface area (Å²) in [5.74, 6) is -1.17. The summed E-state index contributed by atoms with van der Waals surface area (Å²) in [7, 11) is 0. The van der Waals surface area contributed by atoms with Crippen LogP contribution < -0.4 is 16.0 Å². The molecule has 0 aliphatic heterocycles. The average Bonchev–Trinajstić information content (AvgIpc) is 2.74. The maximum absolute atomic E-state index is 12.4. The molecule has 0 fully saturated rings. The van der Waals surface area contributed by atoms with Gasteiger partial charge in [0.25, 0.3) is 5.91 Å². The molecule has 0 bridgehead atoms. The van der Waals surface area contributed by atoms with E-state index in [1.54, 1.807) is 30.3 Å². The first-order valence-electron chi connectivity index (χ1n) is 9.55. The van der Waals surface area contributed by atoms with Crippen LogP contribution in [0.15, 0.2) is 72.8 Å². The van der Waals surface area contributed by atoms with Crippen molar-refractivity contribution in [2.24, 2.45) is 0 Å². The van der Waals surface area contributed by atoms with E-state index in [4.69, 9.17) is 4.74 Å². The number of hydrogen-bond donors (Lipinski definition) is 3. The highest BCUT2D eigenvalue weighted by Crippen LogP contribution is 2.19. The van der Waals surface area contributed by atoms with Crippen molar-refractivity contribution in [3.8, 4) is 0 Å². The quantitative estimate of drug-likeness (QED) is 0.542. The molecule has 3 aromatic carbocycles. The number of para-hydroxylation sites is 1. The largest absolute Gasteiger partial charge is 0.451 e. The Morgan fingerprint density at radius 3 is 2.17 bits per heavy atom. The molecule has 3 rings (SSSR count). The van der Waals surface area contributed by atoms with Crippen LogP contribution in [-0.2, 0) is 14.3 Å². The summed E-state index contributed by atoms with van der Waals surface area (Å²) in [5.41, 5.74) is 1.20. The van der Waals surface area contributed by atoms with Gasteiger partial charge in [0.1, 0.15) is 6.04 Å². The number of amides is 3. The third kappa shape index (κ3) is 5.57. The number of ether oxygens (including phenoxy) is 1. The van der Waals surface area contributed by atoms with Gasteiger partial charge in [-0.1, -0.05) is 48.5 Å². The third-order valence-electron chi connectivity index (χ3n) is 4.41. The van der Waals surface area contributed by atoms with Crippen molar-refractivity contribution in [3.05, 3.63) is 72.8 Å². The van der Waals surface area contributed by atoms with Crippen molar-refractivity contribution in [3.63, 3.8) is 0 Å². The first-order valence-corrected chi connectivity index (χ1v) is 9.55. The number of hydrogen-bond acceptors (Lipinski definition) is 4. The summed E-state index contributed by atoms with van der Waals surface area (Å²) in [5, 5.41) is 9.88. The van der Waals surface area contributed by atoms with E-state index in [1.165, 1.54) is 13.8 Å². The summed E-state index contributed by atoms with van der Waals surface area (Å²) >= 11 is 0. The number of rotatable bonds is 6. The minimum atomic E-state index is -1.02. The number of nitrogens with one attached hydrogen (secondary N) is 3. The van der Waals surface area contributed by atoms with Gasteiger partial charge in [-0.15, -0.1) is 0 Å². The number of esters is 1. The number of anilines is 2. The van der Waals surface area contributed by atoms with Crippen LogP contribution in [0.4, 0.5) is 16.2 Å². The molecule has 0 unspecified atom stereocenters. The van der Waals surface area contributed by atoms with Gasteiger partial charge in [0.15, 0.2) is 6.10 Å². The molecule has 30 heavy (non-hydrogen) atoms. The number of benzene rings is 3. The molecule has 0 radical (unpaired) electrons. The Hall–Kier alpha value is -3.87. The number of carbonyl (C=O) groups is 3. The Morgan fingerprint density at radius 2 is 1.43 bits per heavy atom. The smallest absolute Gasteiger partial charge is 0.329 e. The molecule has 7 heteroatoms. The van der Waals surface area contributed by atoms with Crippen molar-refractivity contribution in [2.45, 2.75) is 26.0 Å². The van der Waals surface area contributed by atoms with Crippen LogP contribution in [0.5, 0.6) is 0 Å². The van der Waals surface area contributed by atoms with E-state index in [-0.39, 0.29) is 0 Å². The molecule has 7 nitrogen and oxygen atoms in total. The molecule has 0 aromatic heterocycles. The first-order chi connectivity index (χ1) is 14.4. The van der Waals surface area contributed by atoms with Crippen LogP contribution in [0.1, 0.15) is 13.8 Å². The third-order valence-corrected chi connectivity index (χ3v) is 4.41. The molecule has 3 amide bonds. The van der Waals surface area contributed by atoms with Gasteiger partial charge in [-0.05, 0) is 48.9 Å². The van der Waals surface area contributed by atoms with Crippen LogP contribution in [-0.4, -0.2) is 30.1 Å². The highest BCUT2D eigenvalue weighted by atomic mass is 16.5. The van der Waals surface area contributed by atoms with E-state index in [0.29, 0.717) is 11.4 Å². The summed E-state index contributed by atoms with van der Waals surface area (Å²) in [6.07, 6.45) is -1.02. The van der Waals surface area contributed by atoms with Gasteiger partial charge in [0, 0.05) is 11.4 Å². The fraction of sp³-hybridized carbons (Fsp3) is 0.174. The number of fused-ring (bicyclic) bond motifs is 1. The molecule has 0 spiro atoms. The second-order valence-electron chi connectivity index (χ2n) is 6.82. The SMILES string of the molecule is C[C@H](NC(=O)Nc1ccccc1)C(=O)O[C@@H](C)C(=O)Nc1ccc2ccccc2c1. The zero-order chi connectivity index (χ0) is 21.5. The van der Waals surface area contributed by atoms with Gasteiger partial charge in [-0.3, -0.25) is 4.79 Å². The molecular weight excluding hydrogens is 382 g/mol. The van der Waals surface area contributed by atoms with Crippen LogP contribution in [0.3, 0.4) is 0 Å². The zero-order valence-corrected chi connectivity index (χ0v) is 16.7. The molecule has 0 heterocycles. The first kappa shape index (κ1) is 20.9. The van der Waals surface area contributed by atoms with Crippen molar-refractivity contribution in [1.82, 2.24) is 5.32 Å². The lowest BCUT2D eigenvalue weighted by atomic mass is 10.1. The monoisotopic (exact) mass is 405 g/mol. The number of urea groups is 1. The van der Waals surface area contributed by atoms with E-state index in [0.717, 1.165) is 10.8 Å². The fourth-order valence-corrected chi connectivity index (χ4v) is 2.79. The standard InChI is InChI=1S/C23H23N3O4/c1-15(24-23(29)26-19-10-4-3-5-11-19)22(28)30-16(2)21(27)25-20-13-12-17-8-6-7-9-18(17)14-20/h3-16H,1-2H3,(H,25,27)(H2,24,26,29)/t15-,16-/m0/s1. The number of carbonyl (C=O) groups excluding carboxylic acids is 3. The zero-order valence-electron chi connectivity index (χ0n) is 16.7. The highest BCUT2D eigenvalue weighted by molar-refractivity contribution is 5.98. The van der Waals surface area contributed by atoms with E-state index in [9.17, 15) is 14.4 Å². The average molecular weight is 405 g/mol. The molecule has 0 saturated carbocycles. The molecular formula is C23H23N3O4. The molecule has 3 aromatic rings. The predicted molar refractivity (Wildman–Crippen MR) is 116 cm³/mol. The molecule has 0 aliphatic rings. The van der Waals surface area contributed by atoms with E-state index < -0.39 is 30.1 Å². The van der Waals surface area contributed by atoms with Gasteiger partial charge < -0.3 is 20.7 Å².